The molecule has 0 saturated carbocycles. The van der Waals surface area contributed by atoms with E-state index in [1.807, 2.05) is 0 Å². The van der Waals surface area contributed by atoms with Gasteiger partial charge in [-0.25, -0.2) is 9.13 Å². The van der Waals surface area contributed by atoms with Crippen molar-refractivity contribution in [1.82, 2.24) is 0 Å². The Labute approximate surface area is 156 Å². The van der Waals surface area contributed by atoms with E-state index < -0.39 is 79.3 Å². The largest absolute Gasteiger partial charge is 0.483 e. The second-order valence-corrected chi connectivity index (χ2v) is 9.18. The van der Waals surface area contributed by atoms with Gasteiger partial charge in [0.2, 0.25) is 0 Å². The van der Waals surface area contributed by atoms with E-state index in [1.165, 1.54) is 0 Å². The van der Waals surface area contributed by atoms with Crippen LogP contribution in [0.25, 0.3) is 0 Å². The normalized spacial score (nSPS) is 13.9. The number of aliphatic hydroxyl groups is 6. The van der Waals surface area contributed by atoms with E-state index in [9.17, 15) is 39.8 Å². The van der Waals surface area contributed by atoms with Gasteiger partial charge in [-0.05, 0) is 12.8 Å². The molecule has 8 N–H and O–H groups in total. The Morgan fingerprint density at radius 1 is 0.630 bits per heavy atom. The highest BCUT2D eigenvalue weighted by molar-refractivity contribution is 7.61. The number of aliphatic hydroxyl groups excluding tert-OH is 6. The van der Waals surface area contributed by atoms with Gasteiger partial charge in [0.05, 0.1) is 52.9 Å². The average Bonchev–Trinajstić information content (AvgIpc) is 2.62. The molecule has 0 amide bonds. The summed E-state index contributed by atoms with van der Waals surface area (Å²) in [5, 5.41) is 55.2. The zero-order valence-corrected chi connectivity index (χ0v) is 16.4. The molecule has 0 fully saturated rings. The van der Waals surface area contributed by atoms with Gasteiger partial charge in [0.1, 0.15) is 0 Å². The number of phosphoric acid groups is 2. The summed E-state index contributed by atoms with van der Waals surface area (Å²) in [6.45, 7) is -4.96. The third-order valence-corrected chi connectivity index (χ3v) is 6.63. The monoisotopic (exact) mass is 442 g/mol. The molecule has 0 unspecified atom stereocenters. The molecule has 0 aromatic carbocycles. The minimum Gasteiger partial charge on any atom is -0.396 e. The van der Waals surface area contributed by atoms with Crippen LogP contribution >= 0.6 is 15.6 Å². The molecule has 0 aliphatic rings. The third-order valence-electron chi connectivity index (χ3n) is 3.98. The second kappa shape index (κ2) is 11.9. The second-order valence-electron chi connectivity index (χ2n) is 6.13. The molecule has 0 aromatic heterocycles. The third kappa shape index (κ3) is 9.37. The Morgan fingerprint density at radius 3 is 1.15 bits per heavy atom. The molecule has 0 rings (SSSR count). The molecule has 0 atom stereocenters. The summed E-state index contributed by atoms with van der Waals surface area (Å²) in [5.74, 6) is 0. The van der Waals surface area contributed by atoms with Crippen LogP contribution in [0.15, 0.2) is 0 Å². The van der Waals surface area contributed by atoms with Gasteiger partial charge in [-0.2, -0.15) is 4.31 Å². The van der Waals surface area contributed by atoms with Crippen LogP contribution in [0, 0.1) is 10.8 Å². The minimum atomic E-state index is -5.30. The smallest absolute Gasteiger partial charge is 0.396 e. The van der Waals surface area contributed by atoms with Crippen molar-refractivity contribution < 1.29 is 62.9 Å². The predicted octanol–water partition coefficient (Wildman–Crippen LogP) is -2.06. The summed E-state index contributed by atoms with van der Waals surface area (Å²) >= 11 is 0. The van der Waals surface area contributed by atoms with Crippen molar-refractivity contribution in [2.75, 3.05) is 52.9 Å². The van der Waals surface area contributed by atoms with Crippen LogP contribution < -0.4 is 0 Å². The SMILES string of the molecule is O=P(O)(O)OP(=O)(OCCC(CO)(CO)CO)OCCC(CO)(CO)CO. The molecule has 13 nitrogen and oxygen atoms in total. The topological polar surface area (TPSA) is 224 Å². The Bertz CT molecular complexity index is 453. The first kappa shape index (κ1) is 27.0. The highest BCUT2D eigenvalue weighted by Crippen LogP contribution is 2.61. The van der Waals surface area contributed by atoms with Gasteiger partial charge < -0.3 is 40.4 Å². The lowest BCUT2D eigenvalue weighted by Crippen LogP contribution is -2.35. The van der Waals surface area contributed by atoms with Crippen molar-refractivity contribution >= 4 is 15.6 Å². The highest BCUT2D eigenvalue weighted by atomic mass is 31.3. The fourth-order valence-electron chi connectivity index (χ4n) is 1.74. The molecule has 0 aromatic rings. The van der Waals surface area contributed by atoms with Crippen LogP contribution in [0.3, 0.4) is 0 Å². The zero-order chi connectivity index (χ0) is 21.2. The summed E-state index contributed by atoms with van der Waals surface area (Å²) in [4.78, 5) is 17.7. The molecule has 0 heterocycles. The predicted molar refractivity (Wildman–Crippen MR) is 89.3 cm³/mol. The lowest BCUT2D eigenvalue weighted by Gasteiger charge is -2.29. The maximum Gasteiger partial charge on any atom is 0.483 e. The van der Waals surface area contributed by atoms with Crippen molar-refractivity contribution in [1.29, 1.82) is 0 Å². The van der Waals surface area contributed by atoms with Crippen molar-refractivity contribution in [2.45, 2.75) is 12.8 Å². The van der Waals surface area contributed by atoms with E-state index in [0.29, 0.717) is 0 Å². The summed E-state index contributed by atoms with van der Waals surface area (Å²) in [6, 6.07) is 0. The van der Waals surface area contributed by atoms with Crippen molar-refractivity contribution in [3.05, 3.63) is 0 Å². The molecule has 0 bridgehead atoms. The number of phosphoric ester groups is 1. The van der Waals surface area contributed by atoms with Gasteiger partial charge in [0, 0.05) is 10.8 Å². The van der Waals surface area contributed by atoms with Crippen LogP contribution in [0.2, 0.25) is 0 Å². The van der Waals surface area contributed by atoms with Crippen molar-refractivity contribution in [3.8, 4) is 0 Å². The molecule has 0 aliphatic carbocycles. The summed E-state index contributed by atoms with van der Waals surface area (Å²) in [5.41, 5.74) is -2.76. The maximum atomic E-state index is 12.4. The lowest BCUT2D eigenvalue weighted by atomic mass is 9.88. The van der Waals surface area contributed by atoms with Gasteiger partial charge in [0.15, 0.2) is 0 Å². The highest BCUT2D eigenvalue weighted by Gasteiger charge is 2.38. The first-order chi connectivity index (χ1) is 12.5. The summed E-state index contributed by atoms with van der Waals surface area (Å²) in [7, 11) is -10.1. The van der Waals surface area contributed by atoms with Crippen LogP contribution in [-0.4, -0.2) is 93.3 Å². The Morgan fingerprint density at radius 2 is 0.926 bits per heavy atom. The molecule has 164 valence electrons. The number of rotatable bonds is 16. The molecular formula is C12H28O13P2. The number of hydrogen-bond donors (Lipinski definition) is 8. The van der Waals surface area contributed by atoms with E-state index in [2.05, 4.69) is 4.31 Å². The average molecular weight is 442 g/mol. The lowest BCUT2D eigenvalue weighted by molar-refractivity contribution is -0.0180. The van der Waals surface area contributed by atoms with Gasteiger partial charge in [-0.3, -0.25) is 9.05 Å². The molecule has 0 radical (unpaired) electrons. The van der Waals surface area contributed by atoms with Gasteiger partial charge in [-0.1, -0.05) is 0 Å². The van der Waals surface area contributed by atoms with E-state index in [4.69, 9.17) is 18.8 Å². The van der Waals surface area contributed by atoms with Crippen LogP contribution in [0.4, 0.5) is 0 Å². The van der Waals surface area contributed by atoms with Crippen LogP contribution in [-0.2, 0) is 22.5 Å². The fourth-order valence-corrected chi connectivity index (χ4v) is 3.86. The molecule has 0 spiro atoms. The number of hydrogen-bond acceptors (Lipinski definition) is 11. The Balaban J connectivity index is 5.01. The van der Waals surface area contributed by atoms with Crippen LogP contribution in [0.1, 0.15) is 12.8 Å². The first-order valence-corrected chi connectivity index (χ1v) is 10.8. The Hall–Kier alpha value is 0.0200. The molecule has 0 saturated heterocycles. The van der Waals surface area contributed by atoms with E-state index in [1.54, 1.807) is 0 Å². The fraction of sp³-hybridized carbons (Fsp3) is 1.00. The van der Waals surface area contributed by atoms with Gasteiger partial charge in [0.25, 0.3) is 0 Å². The van der Waals surface area contributed by atoms with Crippen LogP contribution in [0.5, 0.6) is 0 Å². The standard InChI is InChI=1S/C12H28O13P2/c13-5-11(6-14,7-15)1-3-23-27(22,25-26(19,20)21)24-4-2-12(8-16,9-17)10-18/h13-18H,1-10H2,(H2,19,20,21). The van der Waals surface area contributed by atoms with Gasteiger partial charge in [-0.15, -0.1) is 0 Å². The molecule has 15 heteroatoms. The quantitative estimate of drug-likeness (QED) is 0.121. The summed E-state index contributed by atoms with van der Waals surface area (Å²) in [6.07, 6.45) is -0.496. The molecular weight excluding hydrogens is 414 g/mol. The van der Waals surface area contributed by atoms with E-state index in [-0.39, 0.29) is 12.8 Å². The van der Waals surface area contributed by atoms with E-state index >= 15 is 0 Å². The van der Waals surface area contributed by atoms with Gasteiger partial charge >= 0.3 is 15.6 Å². The van der Waals surface area contributed by atoms with Crippen molar-refractivity contribution in [3.63, 3.8) is 0 Å². The van der Waals surface area contributed by atoms with Crippen molar-refractivity contribution in [2.24, 2.45) is 10.8 Å². The minimum absolute atomic E-state index is 0.248. The maximum absolute atomic E-state index is 12.4. The molecule has 27 heavy (non-hydrogen) atoms. The first-order valence-electron chi connectivity index (χ1n) is 7.80. The summed E-state index contributed by atoms with van der Waals surface area (Å²) < 4.78 is 37.0. The zero-order valence-electron chi connectivity index (χ0n) is 14.6. The molecule has 0 aliphatic heterocycles. The van der Waals surface area contributed by atoms with E-state index in [0.717, 1.165) is 0 Å². The Kier molecular flexibility index (Phi) is 11.9.